The highest BCUT2D eigenvalue weighted by Crippen LogP contribution is 2.19. The third-order valence-corrected chi connectivity index (χ3v) is 4.75. The third kappa shape index (κ3) is 5.77. The smallest absolute Gasteiger partial charge is 0.337 e. The molecule has 0 unspecified atom stereocenters. The molecule has 1 atom stereocenters. The first-order valence-electron chi connectivity index (χ1n) is 9.34. The molecule has 1 amide bonds. The topological polar surface area (TPSA) is 89.0 Å². The van der Waals surface area contributed by atoms with Crippen LogP contribution in [-0.2, 0) is 9.47 Å². The van der Waals surface area contributed by atoms with E-state index >= 15 is 0 Å². The van der Waals surface area contributed by atoms with Crippen molar-refractivity contribution in [2.75, 3.05) is 25.6 Å². The molecule has 1 aliphatic heterocycles. The van der Waals surface area contributed by atoms with Crippen LogP contribution in [-0.4, -0.2) is 44.2 Å². The minimum atomic E-state index is -0.546. The SMILES string of the molecule is COC(=O)c1ccc(C(=O)NC(=NC[C@H]2CCCO2)Nc2ccc(F)c(Cl)c2)cc1. The molecule has 30 heavy (non-hydrogen) atoms. The van der Waals surface area contributed by atoms with Crippen molar-refractivity contribution in [2.24, 2.45) is 4.99 Å². The molecule has 2 N–H and O–H groups in total. The minimum absolute atomic E-state index is 0.0187. The van der Waals surface area contributed by atoms with Crippen LogP contribution < -0.4 is 10.6 Å². The van der Waals surface area contributed by atoms with Crippen LogP contribution in [0.4, 0.5) is 10.1 Å². The van der Waals surface area contributed by atoms with Gasteiger partial charge in [-0.1, -0.05) is 11.6 Å². The fraction of sp³-hybridized carbons (Fsp3) is 0.286. The first kappa shape index (κ1) is 21.7. The summed E-state index contributed by atoms with van der Waals surface area (Å²) in [5.74, 6) is -1.29. The summed E-state index contributed by atoms with van der Waals surface area (Å²) in [6, 6.07) is 10.1. The van der Waals surface area contributed by atoms with Crippen LogP contribution in [0.5, 0.6) is 0 Å². The van der Waals surface area contributed by atoms with Crippen LogP contribution in [0.15, 0.2) is 47.5 Å². The average Bonchev–Trinajstić information content (AvgIpc) is 3.28. The lowest BCUT2D eigenvalue weighted by Gasteiger charge is -2.14. The summed E-state index contributed by atoms with van der Waals surface area (Å²) in [6.45, 7) is 1.05. The number of nitrogens with one attached hydrogen (secondary N) is 2. The van der Waals surface area contributed by atoms with Gasteiger partial charge in [0.25, 0.3) is 5.91 Å². The maximum absolute atomic E-state index is 13.4. The maximum Gasteiger partial charge on any atom is 0.337 e. The molecule has 1 saturated heterocycles. The Morgan fingerprint density at radius 2 is 1.97 bits per heavy atom. The zero-order chi connectivity index (χ0) is 21.5. The summed E-state index contributed by atoms with van der Waals surface area (Å²) < 4.78 is 23.6. The van der Waals surface area contributed by atoms with Crippen molar-refractivity contribution in [1.29, 1.82) is 0 Å². The van der Waals surface area contributed by atoms with Gasteiger partial charge in [-0.25, -0.2) is 14.2 Å². The highest BCUT2D eigenvalue weighted by Gasteiger charge is 2.16. The molecule has 7 nitrogen and oxygen atoms in total. The Labute approximate surface area is 178 Å². The van der Waals surface area contributed by atoms with Gasteiger partial charge in [-0.3, -0.25) is 10.1 Å². The van der Waals surface area contributed by atoms with Gasteiger partial charge in [-0.05, 0) is 55.3 Å². The quantitative estimate of drug-likeness (QED) is 0.427. The van der Waals surface area contributed by atoms with Gasteiger partial charge >= 0.3 is 5.97 Å². The molecule has 1 aliphatic rings. The van der Waals surface area contributed by atoms with Gasteiger partial charge in [-0.2, -0.15) is 0 Å². The van der Waals surface area contributed by atoms with E-state index in [4.69, 9.17) is 16.3 Å². The standard InChI is InChI=1S/C21H21ClFN3O4/c1-29-20(28)14-6-4-13(5-7-14)19(27)26-21(24-12-16-3-2-10-30-16)25-15-8-9-18(23)17(22)11-15/h4-9,11,16H,2-3,10,12H2,1H3,(H2,24,25,26,27)/t16-/m1/s1. The summed E-state index contributed by atoms with van der Waals surface area (Å²) in [5, 5.41) is 5.59. The van der Waals surface area contributed by atoms with Gasteiger partial charge in [0.1, 0.15) is 5.82 Å². The number of esters is 1. The number of nitrogens with zero attached hydrogens (tertiary/aromatic N) is 1. The van der Waals surface area contributed by atoms with Gasteiger partial charge in [0, 0.05) is 17.9 Å². The fourth-order valence-corrected chi connectivity index (χ4v) is 3.04. The molecular formula is C21H21ClFN3O4. The number of ether oxygens (including phenoxy) is 2. The van der Waals surface area contributed by atoms with Crippen LogP contribution in [0.1, 0.15) is 33.6 Å². The van der Waals surface area contributed by atoms with E-state index in [0.29, 0.717) is 30.0 Å². The van der Waals surface area contributed by atoms with Crippen LogP contribution in [0, 0.1) is 5.82 Å². The molecule has 0 saturated carbocycles. The monoisotopic (exact) mass is 433 g/mol. The normalized spacial score (nSPS) is 16.2. The second-order valence-electron chi connectivity index (χ2n) is 6.60. The van der Waals surface area contributed by atoms with Crippen LogP contribution in [0.2, 0.25) is 5.02 Å². The van der Waals surface area contributed by atoms with E-state index in [9.17, 15) is 14.0 Å². The molecule has 0 bridgehead atoms. The number of anilines is 1. The summed E-state index contributed by atoms with van der Waals surface area (Å²) in [6.07, 6.45) is 1.84. The van der Waals surface area contributed by atoms with E-state index < -0.39 is 17.7 Å². The van der Waals surface area contributed by atoms with Gasteiger partial charge < -0.3 is 14.8 Å². The Hall–Kier alpha value is -2.97. The molecular weight excluding hydrogens is 413 g/mol. The number of aliphatic imine (C=N–C) groups is 1. The fourth-order valence-electron chi connectivity index (χ4n) is 2.86. The molecule has 2 aromatic rings. The molecule has 2 aromatic carbocycles. The van der Waals surface area contributed by atoms with Gasteiger partial charge in [0.05, 0.1) is 30.3 Å². The van der Waals surface area contributed by atoms with Crippen molar-refractivity contribution in [3.8, 4) is 0 Å². The molecule has 1 fully saturated rings. The molecule has 3 rings (SSSR count). The van der Waals surface area contributed by atoms with Crippen LogP contribution in [0.3, 0.4) is 0 Å². The maximum atomic E-state index is 13.4. The number of carbonyl (C=O) groups is 2. The zero-order valence-electron chi connectivity index (χ0n) is 16.3. The summed E-state index contributed by atoms with van der Waals surface area (Å²) >= 11 is 5.83. The van der Waals surface area contributed by atoms with Gasteiger partial charge in [0.2, 0.25) is 5.96 Å². The molecule has 0 aromatic heterocycles. The number of benzene rings is 2. The van der Waals surface area contributed by atoms with Crippen molar-refractivity contribution in [3.05, 3.63) is 64.4 Å². The first-order valence-corrected chi connectivity index (χ1v) is 9.72. The molecule has 0 aliphatic carbocycles. The number of hydrogen-bond donors (Lipinski definition) is 2. The first-order chi connectivity index (χ1) is 14.5. The second kappa shape index (κ2) is 10.2. The molecule has 158 valence electrons. The molecule has 1 heterocycles. The number of guanidine groups is 1. The predicted octanol–water partition coefficient (Wildman–Crippen LogP) is 3.64. The van der Waals surface area contributed by atoms with E-state index in [0.717, 1.165) is 12.8 Å². The molecule has 0 radical (unpaired) electrons. The highest BCUT2D eigenvalue weighted by molar-refractivity contribution is 6.31. The Morgan fingerprint density at radius 1 is 1.23 bits per heavy atom. The van der Waals surface area contributed by atoms with Gasteiger partial charge in [-0.15, -0.1) is 0 Å². The van der Waals surface area contributed by atoms with E-state index in [2.05, 4.69) is 20.4 Å². The summed E-state index contributed by atoms with van der Waals surface area (Å²) in [4.78, 5) is 28.6. The van der Waals surface area contributed by atoms with Crippen molar-refractivity contribution in [3.63, 3.8) is 0 Å². The van der Waals surface area contributed by atoms with E-state index in [1.54, 1.807) is 0 Å². The van der Waals surface area contributed by atoms with Crippen LogP contribution >= 0.6 is 11.6 Å². The Bertz CT molecular complexity index is 944. The Kier molecular flexibility index (Phi) is 7.37. The summed E-state index contributed by atoms with van der Waals surface area (Å²) in [5.41, 5.74) is 1.13. The second-order valence-corrected chi connectivity index (χ2v) is 7.01. The van der Waals surface area contributed by atoms with Gasteiger partial charge in [0.15, 0.2) is 0 Å². The lowest BCUT2D eigenvalue weighted by atomic mass is 10.1. The number of carbonyl (C=O) groups excluding carboxylic acids is 2. The number of hydrogen-bond acceptors (Lipinski definition) is 5. The predicted molar refractivity (Wildman–Crippen MR) is 112 cm³/mol. The van der Waals surface area contributed by atoms with Crippen LogP contribution in [0.25, 0.3) is 0 Å². The van der Waals surface area contributed by atoms with E-state index in [1.807, 2.05) is 0 Å². The van der Waals surface area contributed by atoms with E-state index in [-0.39, 0.29) is 17.1 Å². The van der Waals surface area contributed by atoms with E-state index in [1.165, 1.54) is 49.6 Å². The number of halogens is 2. The van der Waals surface area contributed by atoms with Crippen molar-refractivity contribution in [1.82, 2.24) is 5.32 Å². The Morgan fingerprint density at radius 3 is 2.60 bits per heavy atom. The molecule has 9 heteroatoms. The van der Waals surface area contributed by atoms with Crippen molar-refractivity contribution >= 4 is 35.1 Å². The summed E-state index contributed by atoms with van der Waals surface area (Å²) in [7, 11) is 1.28. The number of rotatable bonds is 5. The highest BCUT2D eigenvalue weighted by atomic mass is 35.5. The Balaban J connectivity index is 1.74. The lowest BCUT2D eigenvalue weighted by Crippen LogP contribution is -2.36. The largest absolute Gasteiger partial charge is 0.465 e. The van der Waals surface area contributed by atoms with Crippen molar-refractivity contribution < 1.29 is 23.5 Å². The minimum Gasteiger partial charge on any atom is -0.465 e. The zero-order valence-corrected chi connectivity index (χ0v) is 17.0. The van der Waals surface area contributed by atoms with Crippen molar-refractivity contribution in [2.45, 2.75) is 18.9 Å². The third-order valence-electron chi connectivity index (χ3n) is 4.46. The number of methoxy groups -OCH3 is 1. The molecule has 0 spiro atoms. The average molecular weight is 434 g/mol. The number of amides is 1. The lowest BCUT2D eigenvalue weighted by molar-refractivity contribution is 0.0600.